The first-order valence-electron chi connectivity index (χ1n) is 13.5. The van der Waals surface area contributed by atoms with Crippen LogP contribution in [0, 0.1) is 0 Å². The summed E-state index contributed by atoms with van der Waals surface area (Å²) in [5.74, 6) is -0.240. The van der Waals surface area contributed by atoms with E-state index in [1.807, 2.05) is 59.5 Å². The van der Waals surface area contributed by atoms with E-state index in [9.17, 15) is 9.59 Å². The van der Waals surface area contributed by atoms with Crippen molar-refractivity contribution in [2.24, 2.45) is 0 Å². The lowest BCUT2D eigenvalue weighted by molar-refractivity contribution is 0.0365. The molecular formula is C31H34N6O3. The molecule has 0 unspecified atom stereocenters. The number of carbonyl (C=O) groups is 2. The number of ether oxygens (including phenoxy) is 1. The van der Waals surface area contributed by atoms with Crippen LogP contribution in [0.4, 0.5) is 21.9 Å². The molecule has 2 heterocycles. The highest BCUT2D eigenvalue weighted by Crippen LogP contribution is 2.20. The number of benzene rings is 3. The number of urea groups is 1. The molecule has 0 aliphatic carbocycles. The van der Waals surface area contributed by atoms with Crippen molar-refractivity contribution in [3.05, 3.63) is 96.2 Å². The summed E-state index contributed by atoms with van der Waals surface area (Å²) in [6, 6.07) is 23.8. The van der Waals surface area contributed by atoms with Crippen LogP contribution in [0.15, 0.2) is 85.1 Å². The van der Waals surface area contributed by atoms with Gasteiger partial charge in [-0.2, -0.15) is 0 Å². The van der Waals surface area contributed by atoms with Crippen LogP contribution in [0.3, 0.4) is 0 Å². The number of pyridine rings is 1. The molecule has 9 nitrogen and oxygen atoms in total. The molecule has 0 spiro atoms. The van der Waals surface area contributed by atoms with Crippen molar-refractivity contribution in [1.29, 1.82) is 0 Å². The molecule has 1 aliphatic rings. The normalized spacial score (nSPS) is 13.6. The fourth-order valence-electron chi connectivity index (χ4n) is 4.71. The van der Waals surface area contributed by atoms with Crippen LogP contribution in [0.5, 0.6) is 0 Å². The third-order valence-electron chi connectivity index (χ3n) is 6.95. The topological polar surface area (TPSA) is 113 Å². The molecule has 0 bridgehead atoms. The first-order chi connectivity index (χ1) is 19.5. The minimum Gasteiger partial charge on any atom is -0.397 e. The number of fused-ring (bicyclic) bond motifs is 1. The van der Waals surface area contributed by atoms with Gasteiger partial charge in [0, 0.05) is 55.6 Å². The number of hydrogen-bond acceptors (Lipinski definition) is 6. The van der Waals surface area contributed by atoms with E-state index in [4.69, 9.17) is 10.5 Å². The van der Waals surface area contributed by atoms with E-state index in [0.717, 1.165) is 61.4 Å². The fraction of sp³-hybridized carbons (Fsp3) is 0.258. The Morgan fingerprint density at radius 3 is 2.55 bits per heavy atom. The number of aromatic nitrogens is 1. The number of carbonyl (C=O) groups excluding carboxylic acids is 2. The van der Waals surface area contributed by atoms with Crippen LogP contribution in [0.25, 0.3) is 10.9 Å². The number of nitrogens with one attached hydrogen (secondary N) is 2. The second-order valence-electron chi connectivity index (χ2n) is 9.81. The summed E-state index contributed by atoms with van der Waals surface area (Å²) in [4.78, 5) is 34.7. The van der Waals surface area contributed by atoms with Gasteiger partial charge in [0.05, 0.1) is 30.1 Å². The maximum absolute atomic E-state index is 13.4. The average Bonchev–Trinajstić information content (AvgIpc) is 2.98. The van der Waals surface area contributed by atoms with E-state index >= 15 is 0 Å². The van der Waals surface area contributed by atoms with E-state index in [1.54, 1.807) is 30.5 Å². The smallest absolute Gasteiger partial charge is 0.322 e. The number of nitrogen functional groups attached to an aromatic ring is 1. The highest BCUT2D eigenvalue weighted by atomic mass is 16.5. The summed E-state index contributed by atoms with van der Waals surface area (Å²) < 4.78 is 5.45. The Labute approximate surface area is 233 Å². The molecule has 4 aromatic rings. The second kappa shape index (κ2) is 13.1. The van der Waals surface area contributed by atoms with Crippen molar-refractivity contribution in [2.75, 3.05) is 55.8 Å². The highest BCUT2D eigenvalue weighted by Gasteiger charge is 2.17. The number of hydrogen-bond donors (Lipinski definition) is 3. The van der Waals surface area contributed by atoms with E-state index in [2.05, 4.69) is 20.5 Å². The lowest BCUT2D eigenvalue weighted by atomic mass is 10.1. The number of anilines is 3. The van der Waals surface area contributed by atoms with Crippen molar-refractivity contribution in [3.8, 4) is 0 Å². The Balaban J connectivity index is 1.25. The lowest BCUT2D eigenvalue weighted by Crippen LogP contribution is -2.40. The van der Waals surface area contributed by atoms with Gasteiger partial charge in [0.1, 0.15) is 0 Å². The van der Waals surface area contributed by atoms with Crippen molar-refractivity contribution in [2.45, 2.75) is 13.0 Å². The van der Waals surface area contributed by atoms with Crippen molar-refractivity contribution in [3.63, 3.8) is 0 Å². The van der Waals surface area contributed by atoms with Gasteiger partial charge in [0.15, 0.2) is 0 Å². The van der Waals surface area contributed by atoms with Gasteiger partial charge in [-0.15, -0.1) is 0 Å². The van der Waals surface area contributed by atoms with Gasteiger partial charge < -0.3 is 26.0 Å². The predicted octanol–water partition coefficient (Wildman–Crippen LogP) is 4.83. The van der Waals surface area contributed by atoms with Crippen molar-refractivity contribution < 1.29 is 14.3 Å². The van der Waals surface area contributed by atoms with Gasteiger partial charge in [0.2, 0.25) is 0 Å². The zero-order valence-electron chi connectivity index (χ0n) is 22.4. The standard InChI is InChI=1S/C31H34N6O3/c32-27-6-1-2-7-29(27)35-30(38)24-10-8-23(9-11-24)22-37(16-4-15-36-17-19-40-20-18-36)31(39)34-26-12-13-28-25(21-26)5-3-14-33-28/h1-3,5-14,21H,4,15-20,22,32H2,(H,34,39)(H,35,38). The molecule has 4 N–H and O–H groups in total. The number of amides is 3. The molecule has 1 fully saturated rings. The molecule has 0 atom stereocenters. The average molecular weight is 539 g/mol. The summed E-state index contributed by atoms with van der Waals surface area (Å²) in [6.45, 7) is 5.22. The third kappa shape index (κ3) is 7.13. The highest BCUT2D eigenvalue weighted by molar-refractivity contribution is 6.05. The monoisotopic (exact) mass is 538 g/mol. The first kappa shape index (κ1) is 27.1. The van der Waals surface area contributed by atoms with Gasteiger partial charge in [0.25, 0.3) is 5.91 Å². The van der Waals surface area contributed by atoms with Crippen molar-refractivity contribution in [1.82, 2.24) is 14.8 Å². The number of morpholine rings is 1. The molecule has 9 heteroatoms. The first-order valence-corrected chi connectivity index (χ1v) is 13.5. The maximum atomic E-state index is 13.4. The van der Waals surface area contributed by atoms with Gasteiger partial charge in [-0.1, -0.05) is 30.3 Å². The SMILES string of the molecule is Nc1ccccc1NC(=O)c1ccc(CN(CCCN2CCOCC2)C(=O)Nc2ccc3ncccc3c2)cc1. The lowest BCUT2D eigenvalue weighted by Gasteiger charge is -2.28. The van der Waals surface area contributed by atoms with Gasteiger partial charge in [-0.25, -0.2) is 4.79 Å². The molecule has 206 valence electrons. The molecule has 1 saturated heterocycles. The quantitative estimate of drug-likeness (QED) is 0.263. The van der Waals surface area contributed by atoms with Crippen LogP contribution >= 0.6 is 0 Å². The minimum atomic E-state index is -0.240. The Morgan fingerprint density at radius 1 is 0.950 bits per heavy atom. The summed E-state index contributed by atoms with van der Waals surface area (Å²) in [6.07, 6.45) is 2.59. The zero-order chi connectivity index (χ0) is 27.7. The predicted molar refractivity (Wildman–Crippen MR) is 158 cm³/mol. The van der Waals surface area contributed by atoms with Crippen molar-refractivity contribution >= 4 is 39.9 Å². The fourth-order valence-corrected chi connectivity index (χ4v) is 4.71. The van der Waals surface area contributed by atoms with Gasteiger partial charge in [-0.05, 0) is 60.5 Å². The van der Waals surface area contributed by atoms with E-state index in [-0.39, 0.29) is 11.9 Å². The summed E-state index contributed by atoms with van der Waals surface area (Å²) in [5, 5.41) is 6.87. The number of nitrogens with zero attached hydrogens (tertiary/aromatic N) is 3. The molecule has 1 aromatic heterocycles. The Bertz CT molecular complexity index is 1450. The Kier molecular flexibility index (Phi) is 8.85. The Hall–Kier alpha value is -4.47. The summed E-state index contributed by atoms with van der Waals surface area (Å²) in [5.41, 5.74) is 10.1. The largest absolute Gasteiger partial charge is 0.397 e. The van der Waals surface area contributed by atoms with Crippen LogP contribution in [-0.4, -0.2) is 66.1 Å². The third-order valence-corrected chi connectivity index (χ3v) is 6.95. The number of para-hydroxylation sites is 2. The molecule has 0 radical (unpaired) electrons. The summed E-state index contributed by atoms with van der Waals surface area (Å²) in [7, 11) is 0. The van der Waals surface area contributed by atoms with Crippen LogP contribution < -0.4 is 16.4 Å². The van der Waals surface area contributed by atoms with E-state index < -0.39 is 0 Å². The minimum absolute atomic E-state index is 0.174. The molecule has 1 aliphatic heterocycles. The molecule has 3 aromatic carbocycles. The summed E-state index contributed by atoms with van der Waals surface area (Å²) >= 11 is 0. The second-order valence-corrected chi connectivity index (χ2v) is 9.81. The molecule has 3 amide bonds. The maximum Gasteiger partial charge on any atom is 0.322 e. The van der Waals surface area contributed by atoms with Crippen LogP contribution in [0.1, 0.15) is 22.3 Å². The molecule has 0 saturated carbocycles. The van der Waals surface area contributed by atoms with Crippen LogP contribution in [0.2, 0.25) is 0 Å². The molecular weight excluding hydrogens is 504 g/mol. The zero-order valence-corrected chi connectivity index (χ0v) is 22.4. The van der Waals surface area contributed by atoms with Gasteiger partial charge >= 0.3 is 6.03 Å². The van der Waals surface area contributed by atoms with Gasteiger partial charge in [-0.3, -0.25) is 14.7 Å². The molecule has 5 rings (SSSR count). The van der Waals surface area contributed by atoms with E-state index in [1.165, 1.54) is 0 Å². The van der Waals surface area contributed by atoms with E-state index in [0.29, 0.717) is 30.0 Å². The number of nitrogens with two attached hydrogens (primary N) is 1. The van der Waals surface area contributed by atoms with Crippen LogP contribution in [-0.2, 0) is 11.3 Å². The number of rotatable bonds is 9. The molecule has 40 heavy (non-hydrogen) atoms. The Morgan fingerprint density at radius 2 is 1.75 bits per heavy atom.